The van der Waals surface area contributed by atoms with Crippen LogP contribution in [0.3, 0.4) is 0 Å². The lowest BCUT2D eigenvalue weighted by molar-refractivity contribution is -0.141. The number of pyridine rings is 1. The van der Waals surface area contributed by atoms with Crippen LogP contribution in [0.15, 0.2) is 54.7 Å². The molecule has 2 atom stereocenters. The van der Waals surface area contributed by atoms with Crippen LogP contribution in [-0.4, -0.2) is 39.2 Å². The standard InChI is InChI=1S/C26H27F3N4O2S/c1-16-15-18(17(2)33(16)21-11-5-4-9-19(21)26(27,28)29)24-23(20-10-6-7-13-30-20)31-25(36)32(24)14-8-12-22(34)35-3/h4-7,9-11,13,15,23-24H,8,12,14H2,1-3H3,(H,31,36)/t23-,24-/m0/s1. The molecule has 4 rings (SSSR count). The van der Waals surface area contributed by atoms with Gasteiger partial charge in [0.15, 0.2) is 5.11 Å². The lowest BCUT2D eigenvalue weighted by Crippen LogP contribution is -2.31. The minimum Gasteiger partial charge on any atom is -0.469 e. The molecule has 36 heavy (non-hydrogen) atoms. The molecule has 1 aliphatic heterocycles. The van der Waals surface area contributed by atoms with Crippen molar-refractivity contribution in [2.24, 2.45) is 0 Å². The number of hydrogen-bond acceptors (Lipinski definition) is 4. The summed E-state index contributed by atoms with van der Waals surface area (Å²) >= 11 is 5.66. The molecule has 2 aromatic heterocycles. The van der Waals surface area contributed by atoms with E-state index in [0.717, 1.165) is 17.3 Å². The van der Waals surface area contributed by atoms with Gasteiger partial charge in [-0.25, -0.2) is 0 Å². The van der Waals surface area contributed by atoms with Crippen LogP contribution >= 0.6 is 12.2 Å². The fourth-order valence-electron chi connectivity index (χ4n) is 4.85. The summed E-state index contributed by atoms with van der Waals surface area (Å²) in [5, 5.41) is 3.84. The van der Waals surface area contributed by atoms with Crippen LogP contribution in [0.5, 0.6) is 0 Å². The number of carbonyl (C=O) groups excluding carboxylic acids is 1. The zero-order valence-electron chi connectivity index (χ0n) is 20.2. The van der Waals surface area contributed by atoms with Crippen molar-refractivity contribution in [3.8, 4) is 5.69 Å². The van der Waals surface area contributed by atoms with Gasteiger partial charge in [0.1, 0.15) is 0 Å². The van der Waals surface area contributed by atoms with Gasteiger partial charge in [-0.3, -0.25) is 9.78 Å². The first-order valence-electron chi connectivity index (χ1n) is 11.5. The number of aryl methyl sites for hydroxylation is 1. The molecule has 1 aliphatic rings. The van der Waals surface area contributed by atoms with E-state index in [1.165, 1.54) is 19.2 Å². The first-order chi connectivity index (χ1) is 17.1. The lowest BCUT2D eigenvalue weighted by Gasteiger charge is -2.28. The fraction of sp³-hybridized carbons (Fsp3) is 0.346. The topological polar surface area (TPSA) is 59.4 Å². The first-order valence-corrected chi connectivity index (χ1v) is 11.9. The molecular formula is C26H27F3N4O2S. The summed E-state index contributed by atoms with van der Waals surface area (Å²) in [4.78, 5) is 18.2. The molecule has 0 spiro atoms. The Balaban J connectivity index is 1.80. The van der Waals surface area contributed by atoms with Crippen LogP contribution in [0, 0.1) is 13.8 Å². The number of carbonyl (C=O) groups is 1. The number of thiocarbonyl (C=S) groups is 1. The normalized spacial score (nSPS) is 17.8. The third-order valence-electron chi connectivity index (χ3n) is 6.44. The molecule has 190 valence electrons. The number of aromatic nitrogens is 2. The number of methoxy groups -OCH3 is 1. The molecule has 0 saturated carbocycles. The maximum Gasteiger partial charge on any atom is 0.418 e. The van der Waals surface area contributed by atoms with Crippen molar-refractivity contribution in [3.63, 3.8) is 0 Å². The van der Waals surface area contributed by atoms with E-state index in [1.807, 2.05) is 36.1 Å². The minimum atomic E-state index is -4.49. The molecular weight excluding hydrogens is 489 g/mol. The van der Waals surface area contributed by atoms with Gasteiger partial charge in [-0.05, 0) is 68.4 Å². The Morgan fingerprint density at radius 2 is 1.89 bits per heavy atom. The van der Waals surface area contributed by atoms with E-state index >= 15 is 0 Å². The Morgan fingerprint density at radius 3 is 2.56 bits per heavy atom. The van der Waals surface area contributed by atoms with Gasteiger partial charge in [-0.2, -0.15) is 13.2 Å². The molecule has 0 bridgehead atoms. The summed E-state index contributed by atoms with van der Waals surface area (Å²) in [6, 6.07) is 12.4. The second-order valence-corrected chi connectivity index (χ2v) is 9.06. The molecule has 1 fully saturated rings. The third-order valence-corrected chi connectivity index (χ3v) is 6.80. The summed E-state index contributed by atoms with van der Waals surface area (Å²) < 4.78 is 47.9. The van der Waals surface area contributed by atoms with E-state index < -0.39 is 11.7 Å². The lowest BCUT2D eigenvalue weighted by atomic mass is 9.96. The zero-order valence-corrected chi connectivity index (χ0v) is 21.0. The summed E-state index contributed by atoms with van der Waals surface area (Å²) in [5.41, 5.74) is 2.33. The first kappa shape index (κ1) is 25.7. The predicted molar refractivity (Wildman–Crippen MR) is 134 cm³/mol. The average Bonchev–Trinajstić information content (AvgIpc) is 3.33. The monoisotopic (exact) mass is 516 g/mol. The average molecular weight is 517 g/mol. The van der Waals surface area contributed by atoms with E-state index in [9.17, 15) is 18.0 Å². The highest BCUT2D eigenvalue weighted by Gasteiger charge is 2.42. The van der Waals surface area contributed by atoms with Gasteiger partial charge in [-0.1, -0.05) is 18.2 Å². The largest absolute Gasteiger partial charge is 0.469 e. The van der Waals surface area contributed by atoms with Crippen LogP contribution in [-0.2, 0) is 15.7 Å². The molecule has 1 N–H and O–H groups in total. The number of nitrogens with one attached hydrogen (secondary N) is 1. The number of esters is 1. The highest BCUT2D eigenvalue weighted by Crippen LogP contribution is 2.42. The number of nitrogens with zero attached hydrogens (tertiary/aromatic N) is 3. The Kier molecular flexibility index (Phi) is 7.35. The van der Waals surface area contributed by atoms with Gasteiger partial charge in [0.25, 0.3) is 0 Å². The quantitative estimate of drug-likeness (QED) is 0.334. The second-order valence-electron chi connectivity index (χ2n) is 8.68. The number of para-hydroxylation sites is 1. The maximum absolute atomic E-state index is 13.8. The Hall–Kier alpha value is -3.40. The van der Waals surface area contributed by atoms with Gasteiger partial charge >= 0.3 is 12.1 Å². The van der Waals surface area contributed by atoms with Crippen molar-refractivity contribution in [3.05, 3.63) is 82.9 Å². The molecule has 3 heterocycles. The van der Waals surface area contributed by atoms with Gasteiger partial charge in [0.05, 0.1) is 36.1 Å². The molecule has 3 aromatic rings. The van der Waals surface area contributed by atoms with Crippen molar-refractivity contribution >= 4 is 23.3 Å². The molecule has 0 radical (unpaired) electrons. The molecule has 1 saturated heterocycles. The SMILES string of the molecule is COC(=O)CCCN1C(=S)N[C@@H](c2ccccn2)[C@@H]1c1cc(C)n(-c2ccccc2C(F)(F)F)c1C. The maximum atomic E-state index is 13.8. The number of alkyl halides is 3. The van der Waals surface area contributed by atoms with Crippen molar-refractivity contribution in [1.82, 2.24) is 19.8 Å². The van der Waals surface area contributed by atoms with Crippen molar-refractivity contribution < 1.29 is 22.7 Å². The van der Waals surface area contributed by atoms with Crippen molar-refractivity contribution in [2.45, 2.75) is 44.9 Å². The van der Waals surface area contributed by atoms with Gasteiger partial charge < -0.3 is 19.5 Å². The highest BCUT2D eigenvalue weighted by atomic mass is 32.1. The van der Waals surface area contributed by atoms with E-state index in [0.29, 0.717) is 29.5 Å². The van der Waals surface area contributed by atoms with E-state index in [2.05, 4.69) is 10.3 Å². The van der Waals surface area contributed by atoms with E-state index in [-0.39, 0.29) is 30.2 Å². The zero-order chi connectivity index (χ0) is 26.0. The Bertz CT molecular complexity index is 1260. The Labute approximate surface area is 213 Å². The summed E-state index contributed by atoms with van der Waals surface area (Å²) in [7, 11) is 1.35. The van der Waals surface area contributed by atoms with Crippen LogP contribution in [0.1, 0.15) is 53.1 Å². The molecule has 6 nitrogen and oxygen atoms in total. The third kappa shape index (κ3) is 4.95. The summed E-state index contributed by atoms with van der Waals surface area (Å²) in [6.07, 6.45) is -2.06. The van der Waals surface area contributed by atoms with E-state index in [4.69, 9.17) is 17.0 Å². The molecule has 1 aromatic carbocycles. The van der Waals surface area contributed by atoms with Gasteiger partial charge in [0.2, 0.25) is 0 Å². The van der Waals surface area contributed by atoms with Crippen molar-refractivity contribution in [1.29, 1.82) is 0 Å². The number of rotatable bonds is 7. The molecule has 0 unspecified atom stereocenters. The highest BCUT2D eigenvalue weighted by molar-refractivity contribution is 7.80. The smallest absolute Gasteiger partial charge is 0.418 e. The number of halogens is 3. The minimum absolute atomic E-state index is 0.0754. The number of hydrogen-bond donors (Lipinski definition) is 1. The van der Waals surface area contributed by atoms with Crippen LogP contribution in [0.2, 0.25) is 0 Å². The van der Waals surface area contributed by atoms with E-state index in [1.54, 1.807) is 23.8 Å². The fourth-order valence-corrected chi connectivity index (χ4v) is 5.18. The van der Waals surface area contributed by atoms with Gasteiger partial charge in [0, 0.05) is 30.6 Å². The summed E-state index contributed by atoms with van der Waals surface area (Å²) in [5.74, 6) is -0.312. The number of benzene rings is 1. The van der Waals surface area contributed by atoms with Crippen LogP contribution in [0.25, 0.3) is 5.69 Å². The van der Waals surface area contributed by atoms with Crippen LogP contribution in [0.4, 0.5) is 13.2 Å². The van der Waals surface area contributed by atoms with Gasteiger partial charge in [-0.15, -0.1) is 0 Å². The van der Waals surface area contributed by atoms with Crippen LogP contribution < -0.4 is 5.32 Å². The number of ether oxygens (including phenoxy) is 1. The summed E-state index contributed by atoms with van der Waals surface area (Å²) in [6.45, 7) is 4.08. The van der Waals surface area contributed by atoms with Crippen molar-refractivity contribution in [2.75, 3.05) is 13.7 Å². The second kappa shape index (κ2) is 10.3. The molecule has 0 aliphatic carbocycles. The predicted octanol–water partition coefficient (Wildman–Crippen LogP) is 5.43. The Morgan fingerprint density at radius 1 is 1.17 bits per heavy atom. The molecule has 10 heteroatoms. The molecule has 0 amide bonds.